The van der Waals surface area contributed by atoms with Crippen molar-refractivity contribution in [1.29, 1.82) is 0 Å². The van der Waals surface area contributed by atoms with Crippen molar-refractivity contribution in [2.24, 2.45) is 0 Å². The van der Waals surface area contributed by atoms with Crippen LogP contribution in [0.1, 0.15) is 142 Å². The van der Waals surface area contributed by atoms with Crippen molar-refractivity contribution in [2.75, 3.05) is 40.9 Å². The molecular formula is C41H76N2O6P+. The quantitative estimate of drug-likeness (QED) is 0.0264. The summed E-state index contributed by atoms with van der Waals surface area (Å²) >= 11 is 0. The van der Waals surface area contributed by atoms with Gasteiger partial charge in [0.15, 0.2) is 0 Å². The molecule has 0 aliphatic heterocycles. The maximum Gasteiger partial charge on any atom is 0.472 e. The molecule has 0 aromatic carbocycles. The molecule has 0 bridgehead atoms. The summed E-state index contributed by atoms with van der Waals surface area (Å²) in [4.78, 5) is 23.0. The lowest BCUT2D eigenvalue weighted by molar-refractivity contribution is -0.870. The highest BCUT2D eigenvalue weighted by molar-refractivity contribution is 7.47. The monoisotopic (exact) mass is 724 g/mol. The molecule has 8 nitrogen and oxygen atoms in total. The number of hydrogen-bond donors (Lipinski definition) is 3. The Labute approximate surface area is 307 Å². The lowest BCUT2D eigenvalue weighted by Crippen LogP contribution is -2.46. The topological polar surface area (TPSA) is 105 Å². The standard InChI is InChI=1S/C41H75N2O6P/c1-6-8-10-12-14-16-18-19-20-21-22-23-25-27-29-31-33-35-41(45)42-39(38-49-50(46,47)48-37-36-43(3,4)5)40(44)34-32-30-28-26-24-17-15-13-11-9-7-2/h8,10,14,16,19-20,22-23,27,29,39-40,44H,6-7,9,11-13,15,17-18,21,24-26,28,30-38H2,1-5H3,(H-,42,45,46,47)/p+1/b10-8-,16-14-,20-19-,23-22-,29-27-. The normalized spacial score (nSPS) is 15.3. The second-order valence-corrected chi connectivity index (χ2v) is 15.7. The van der Waals surface area contributed by atoms with E-state index in [1.54, 1.807) is 0 Å². The van der Waals surface area contributed by atoms with Crippen molar-refractivity contribution in [3.05, 3.63) is 60.8 Å². The van der Waals surface area contributed by atoms with Gasteiger partial charge in [-0.25, -0.2) is 4.57 Å². The zero-order valence-corrected chi connectivity index (χ0v) is 33.5. The average molecular weight is 724 g/mol. The Morgan fingerprint density at radius 3 is 1.68 bits per heavy atom. The van der Waals surface area contributed by atoms with Crippen LogP contribution in [0.25, 0.3) is 0 Å². The molecule has 0 aliphatic carbocycles. The second kappa shape index (κ2) is 33.1. The summed E-state index contributed by atoms with van der Waals surface area (Å²) in [5.41, 5.74) is 0. The number of rotatable bonds is 34. The van der Waals surface area contributed by atoms with Gasteiger partial charge in [-0.2, -0.15) is 0 Å². The van der Waals surface area contributed by atoms with Crippen molar-refractivity contribution in [2.45, 2.75) is 154 Å². The van der Waals surface area contributed by atoms with Gasteiger partial charge in [0.1, 0.15) is 13.2 Å². The molecule has 1 amide bonds. The van der Waals surface area contributed by atoms with Crippen LogP contribution in [-0.2, 0) is 18.4 Å². The van der Waals surface area contributed by atoms with Gasteiger partial charge >= 0.3 is 7.82 Å². The molecule has 0 radical (unpaired) electrons. The number of carbonyl (C=O) groups excluding carboxylic acids is 1. The highest BCUT2D eigenvalue weighted by Gasteiger charge is 2.28. The summed E-state index contributed by atoms with van der Waals surface area (Å²) in [7, 11) is 1.57. The first-order valence-electron chi connectivity index (χ1n) is 19.7. The van der Waals surface area contributed by atoms with Crippen LogP contribution in [0.2, 0.25) is 0 Å². The Morgan fingerprint density at radius 1 is 0.700 bits per heavy atom. The van der Waals surface area contributed by atoms with Crippen LogP contribution in [0.3, 0.4) is 0 Å². The number of aliphatic hydroxyl groups excluding tert-OH is 1. The van der Waals surface area contributed by atoms with E-state index in [0.717, 1.165) is 57.8 Å². The lowest BCUT2D eigenvalue weighted by Gasteiger charge is -2.26. The molecule has 0 saturated carbocycles. The first-order valence-corrected chi connectivity index (χ1v) is 21.1. The molecule has 0 aromatic rings. The van der Waals surface area contributed by atoms with E-state index in [2.05, 4.69) is 79.9 Å². The summed E-state index contributed by atoms with van der Waals surface area (Å²) in [5.74, 6) is -0.206. The van der Waals surface area contributed by atoms with E-state index < -0.39 is 20.0 Å². The van der Waals surface area contributed by atoms with Crippen molar-refractivity contribution >= 4 is 13.7 Å². The minimum absolute atomic E-state index is 0.0609. The largest absolute Gasteiger partial charge is 0.472 e. The molecule has 0 spiro atoms. The summed E-state index contributed by atoms with van der Waals surface area (Å²) in [6.07, 6.45) is 41.1. The summed E-state index contributed by atoms with van der Waals surface area (Å²) in [5, 5.41) is 13.8. The van der Waals surface area contributed by atoms with Gasteiger partial charge in [0, 0.05) is 6.42 Å². The third-order valence-electron chi connectivity index (χ3n) is 8.28. The number of phosphoric ester groups is 1. The molecule has 3 unspecified atom stereocenters. The number of phosphoric acid groups is 1. The molecule has 50 heavy (non-hydrogen) atoms. The number of likely N-dealkylation sites (N-methyl/N-ethyl adjacent to an activating group) is 1. The molecule has 0 aromatic heterocycles. The highest BCUT2D eigenvalue weighted by atomic mass is 31.2. The molecular weight excluding hydrogens is 647 g/mol. The average Bonchev–Trinajstić information content (AvgIpc) is 3.06. The molecule has 0 aliphatic rings. The van der Waals surface area contributed by atoms with Crippen LogP contribution < -0.4 is 5.32 Å². The van der Waals surface area contributed by atoms with Crippen LogP contribution in [0.4, 0.5) is 0 Å². The molecule has 0 heterocycles. The highest BCUT2D eigenvalue weighted by Crippen LogP contribution is 2.43. The number of nitrogens with zero attached hydrogens (tertiary/aromatic N) is 1. The van der Waals surface area contributed by atoms with E-state index in [1.807, 2.05) is 21.1 Å². The van der Waals surface area contributed by atoms with Gasteiger partial charge in [0.2, 0.25) is 5.91 Å². The maximum atomic E-state index is 12.8. The Morgan fingerprint density at radius 2 is 1.18 bits per heavy atom. The van der Waals surface area contributed by atoms with Gasteiger partial charge in [0.05, 0.1) is 39.9 Å². The van der Waals surface area contributed by atoms with E-state index in [4.69, 9.17) is 9.05 Å². The van der Waals surface area contributed by atoms with E-state index in [9.17, 15) is 19.4 Å². The number of hydrogen-bond acceptors (Lipinski definition) is 5. The number of quaternary nitrogens is 1. The maximum absolute atomic E-state index is 12.8. The minimum atomic E-state index is -4.32. The third kappa shape index (κ3) is 34.6. The second-order valence-electron chi connectivity index (χ2n) is 14.3. The van der Waals surface area contributed by atoms with E-state index >= 15 is 0 Å². The fraction of sp³-hybridized carbons (Fsp3) is 0.732. The molecule has 290 valence electrons. The zero-order chi connectivity index (χ0) is 37.2. The Hall–Kier alpha value is -1.80. The van der Waals surface area contributed by atoms with E-state index in [-0.39, 0.29) is 19.1 Å². The van der Waals surface area contributed by atoms with E-state index in [0.29, 0.717) is 30.3 Å². The summed E-state index contributed by atoms with van der Waals surface area (Å²) in [6.45, 7) is 4.68. The lowest BCUT2D eigenvalue weighted by atomic mass is 10.0. The van der Waals surface area contributed by atoms with Gasteiger partial charge in [-0.15, -0.1) is 0 Å². The fourth-order valence-electron chi connectivity index (χ4n) is 5.14. The van der Waals surface area contributed by atoms with Crippen LogP contribution in [0, 0.1) is 0 Å². The smallest absolute Gasteiger partial charge is 0.391 e. The molecule has 0 rings (SSSR count). The van der Waals surface area contributed by atoms with Crippen molar-refractivity contribution in [1.82, 2.24) is 5.32 Å². The summed E-state index contributed by atoms with van der Waals surface area (Å²) in [6, 6.07) is -0.790. The Balaban J connectivity index is 4.57. The SMILES string of the molecule is CC/C=C\C/C=C\C/C=C\C/C=C\C/C=C\CCCC(=O)NC(COP(=O)(O)OCC[N+](C)(C)C)C(O)CCCCCCCCCCCCC. The predicted molar refractivity (Wildman–Crippen MR) is 212 cm³/mol. The van der Waals surface area contributed by atoms with Crippen molar-refractivity contribution in [3.63, 3.8) is 0 Å². The molecule has 0 fully saturated rings. The number of amides is 1. The Kier molecular flexibility index (Phi) is 31.9. The van der Waals surface area contributed by atoms with Crippen LogP contribution in [0.5, 0.6) is 0 Å². The van der Waals surface area contributed by atoms with Crippen LogP contribution >= 0.6 is 7.82 Å². The van der Waals surface area contributed by atoms with E-state index in [1.165, 1.54) is 51.4 Å². The first kappa shape index (κ1) is 48.2. The van der Waals surface area contributed by atoms with Gasteiger partial charge in [-0.05, 0) is 51.4 Å². The number of carbonyl (C=O) groups is 1. The molecule has 3 atom stereocenters. The molecule has 0 saturated heterocycles. The number of aliphatic hydroxyl groups is 1. The van der Waals surface area contributed by atoms with Gasteiger partial charge in [-0.3, -0.25) is 13.8 Å². The van der Waals surface area contributed by atoms with Crippen molar-refractivity contribution in [3.8, 4) is 0 Å². The first-order chi connectivity index (χ1) is 24.0. The summed E-state index contributed by atoms with van der Waals surface area (Å²) < 4.78 is 23.5. The fourth-order valence-corrected chi connectivity index (χ4v) is 5.87. The molecule has 9 heteroatoms. The number of allylic oxidation sites excluding steroid dienone is 10. The minimum Gasteiger partial charge on any atom is -0.391 e. The Bertz CT molecular complexity index is 1000. The molecule has 3 N–H and O–H groups in total. The van der Waals surface area contributed by atoms with Gasteiger partial charge in [0.25, 0.3) is 0 Å². The third-order valence-corrected chi connectivity index (χ3v) is 9.26. The van der Waals surface area contributed by atoms with Gasteiger partial charge < -0.3 is 19.8 Å². The number of unbranched alkanes of at least 4 members (excludes halogenated alkanes) is 11. The predicted octanol–water partition coefficient (Wildman–Crippen LogP) is 10.3. The number of nitrogens with one attached hydrogen (secondary N) is 1. The van der Waals surface area contributed by atoms with Crippen LogP contribution in [-0.4, -0.2) is 73.4 Å². The zero-order valence-electron chi connectivity index (χ0n) is 32.6. The van der Waals surface area contributed by atoms with Gasteiger partial charge in [-0.1, -0.05) is 145 Å². The van der Waals surface area contributed by atoms with Crippen LogP contribution in [0.15, 0.2) is 60.8 Å². The van der Waals surface area contributed by atoms with Crippen molar-refractivity contribution < 1.29 is 32.9 Å².